The maximum atomic E-state index is 11.5. The van der Waals surface area contributed by atoms with Gasteiger partial charge in [0.1, 0.15) is 5.78 Å². The van der Waals surface area contributed by atoms with E-state index in [4.69, 9.17) is 0 Å². The number of aromatic nitrogens is 2. The van der Waals surface area contributed by atoms with Crippen molar-refractivity contribution in [3.05, 3.63) is 18.0 Å². The Morgan fingerprint density at radius 3 is 2.18 bits per heavy atom. The van der Waals surface area contributed by atoms with Gasteiger partial charge in [-0.25, -0.2) is 9.97 Å². The highest BCUT2D eigenvalue weighted by Gasteiger charge is 2.25. The minimum Gasteiger partial charge on any atom is -0.341 e. The van der Waals surface area contributed by atoms with Crippen LogP contribution in [0.5, 0.6) is 0 Å². The number of ketones is 1. The lowest BCUT2D eigenvalue weighted by Crippen LogP contribution is -2.34. The van der Waals surface area contributed by atoms with E-state index in [1.54, 1.807) is 6.92 Å². The maximum Gasteiger partial charge on any atom is 0.225 e. The molecule has 120 valence electrons. The summed E-state index contributed by atoms with van der Waals surface area (Å²) in [7, 11) is 0. The fourth-order valence-corrected chi connectivity index (χ4v) is 3.75. The van der Waals surface area contributed by atoms with Crippen LogP contribution in [0.3, 0.4) is 0 Å². The van der Waals surface area contributed by atoms with Crippen LogP contribution in [-0.2, 0) is 4.79 Å². The zero-order chi connectivity index (χ0) is 15.5. The van der Waals surface area contributed by atoms with Crippen molar-refractivity contribution >= 4 is 11.7 Å². The van der Waals surface area contributed by atoms with Crippen molar-refractivity contribution in [2.45, 2.75) is 58.3 Å². The molecule has 0 bridgehead atoms. The van der Waals surface area contributed by atoms with Gasteiger partial charge in [-0.2, -0.15) is 0 Å². The van der Waals surface area contributed by atoms with Crippen LogP contribution in [0.25, 0.3) is 0 Å². The van der Waals surface area contributed by atoms with Crippen LogP contribution in [0.15, 0.2) is 12.4 Å². The van der Waals surface area contributed by atoms with E-state index in [-0.39, 0.29) is 5.92 Å². The van der Waals surface area contributed by atoms with E-state index in [0.29, 0.717) is 11.7 Å². The molecule has 0 amide bonds. The van der Waals surface area contributed by atoms with E-state index in [0.717, 1.165) is 50.6 Å². The molecule has 3 rings (SSSR count). The molecule has 0 aromatic carbocycles. The van der Waals surface area contributed by atoms with Gasteiger partial charge in [-0.1, -0.05) is 6.92 Å². The van der Waals surface area contributed by atoms with Gasteiger partial charge in [-0.05, 0) is 62.8 Å². The van der Waals surface area contributed by atoms with Crippen molar-refractivity contribution < 1.29 is 4.79 Å². The van der Waals surface area contributed by atoms with E-state index in [1.807, 2.05) is 12.4 Å². The highest BCUT2D eigenvalue weighted by atomic mass is 16.1. The molecule has 4 heteroatoms. The summed E-state index contributed by atoms with van der Waals surface area (Å²) in [6.07, 6.45) is 10.7. The zero-order valence-corrected chi connectivity index (χ0v) is 13.8. The standard InChI is InChI=1S/C18H27N3O/c1-13-7-9-21(10-8-13)18-19-11-17(12-20-18)16-5-3-15(4-6-16)14(2)22/h11-13,15-16H,3-10H2,1-2H3. The van der Waals surface area contributed by atoms with Crippen LogP contribution in [-0.4, -0.2) is 28.8 Å². The highest BCUT2D eigenvalue weighted by Crippen LogP contribution is 2.35. The van der Waals surface area contributed by atoms with Gasteiger partial charge in [-0.3, -0.25) is 4.79 Å². The third-order valence-electron chi connectivity index (χ3n) is 5.50. The Kier molecular flexibility index (Phi) is 4.74. The van der Waals surface area contributed by atoms with Crippen LogP contribution in [0.4, 0.5) is 5.95 Å². The largest absolute Gasteiger partial charge is 0.341 e. The minimum atomic E-state index is 0.284. The van der Waals surface area contributed by atoms with E-state index in [1.165, 1.54) is 18.4 Å². The van der Waals surface area contributed by atoms with Crippen molar-refractivity contribution in [3.63, 3.8) is 0 Å². The molecule has 0 spiro atoms. The minimum absolute atomic E-state index is 0.284. The highest BCUT2D eigenvalue weighted by molar-refractivity contribution is 5.78. The quantitative estimate of drug-likeness (QED) is 0.856. The molecule has 0 unspecified atom stereocenters. The van der Waals surface area contributed by atoms with Gasteiger partial charge >= 0.3 is 0 Å². The molecular formula is C18H27N3O. The molecule has 1 aliphatic carbocycles. The van der Waals surface area contributed by atoms with E-state index in [2.05, 4.69) is 21.8 Å². The molecule has 1 saturated carbocycles. The van der Waals surface area contributed by atoms with Crippen LogP contribution in [0, 0.1) is 11.8 Å². The Morgan fingerprint density at radius 2 is 1.64 bits per heavy atom. The van der Waals surface area contributed by atoms with Gasteiger partial charge in [-0.15, -0.1) is 0 Å². The Balaban J connectivity index is 1.59. The fraction of sp³-hybridized carbons (Fsp3) is 0.722. The second kappa shape index (κ2) is 6.76. The van der Waals surface area contributed by atoms with Crippen LogP contribution < -0.4 is 4.90 Å². The lowest BCUT2D eigenvalue weighted by molar-refractivity contribution is -0.121. The summed E-state index contributed by atoms with van der Waals surface area (Å²) in [5.74, 6) is 2.88. The first-order valence-electron chi connectivity index (χ1n) is 8.71. The summed E-state index contributed by atoms with van der Waals surface area (Å²) >= 11 is 0. The first-order valence-corrected chi connectivity index (χ1v) is 8.71. The van der Waals surface area contributed by atoms with E-state index >= 15 is 0 Å². The molecule has 1 aromatic heterocycles. The number of hydrogen-bond acceptors (Lipinski definition) is 4. The summed E-state index contributed by atoms with van der Waals surface area (Å²) < 4.78 is 0. The van der Waals surface area contributed by atoms with Crippen LogP contribution >= 0.6 is 0 Å². The summed E-state index contributed by atoms with van der Waals surface area (Å²) in [5.41, 5.74) is 1.25. The number of carbonyl (C=O) groups is 1. The van der Waals surface area contributed by atoms with Crippen molar-refractivity contribution in [2.24, 2.45) is 11.8 Å². The number of Topliss-reactive ketones (excluding diaryl/α,β-unsaturated/α-hetero) is 1. The van der Waals surface area contributed by atoms with Crippen molar-refractivity contribution in [3.8, 4) is 0 Å². The van der Waals surface area contributed by atoms with Gasteiger partial charge < -0.3 is 4.90 Å². The normalized spacial score (nSPS) is 26.9. The summed E-state index contributed by atoms with van der Waals surface area (Å²) in [4.78, 5) is 23.0. The molecule has 1 aliphatic heterocycles. The SMILES string of the molecule is CC(=O)C1CCC(c2cnc(N3CCC(C)CC3)nc2)CC1. The number of hydrogen-bond donors (Lipinski definition) is 0. The molecule has 2 heterocycles. The summed E-state index contributed by atoms with van der Waals surface area (Å²) in [6.45, 7) is 6.19. The smallest absolute Gasteiger partial charge is 0.225 e. The van der Waals surface area contributed by atoms with Gasteiger partial charge in [0.25, 0.3) is 0 Å². The number of rotatable bonds is 3. The van der Waals surface area contributed by atoms with Gasteiger partial charge in [0, 0.05) is 31.4 Å². The second-order valence-corrected chi connectivity index (χ2v) is 7.15. The second-order valence-electron chi connectivity index (χ2n) is 7.15. The molecule has 0 radical (unpaired) electrons. The average molecular weight is 301 g/mol. The summed E-state index contributed by atoms with van der Waals surface area (Å²) in [6, 6.07) is 0. The zero-order valence-electron chi connectivity index (χ0n) is 13.8. The third-order valence-corrected chi connectivity index (χ3v) is 5.50. The van der Waals surface area contributed by atoms with Crippen molar-refractivity contribution in [1.82, 2.24) is 9.97 Å². The van der Waals surface area contributed by atoms with E-state index < -0.39 is 0 Å². The Labute approximate surface area is 133 Å². The molecule has 2 aliphatic rings. The number of anilines is 1. The predicted octanol–water partition coefficient (Wildman–Crippen LogP) is 3.58. The number of nitrogens with zero attached hydrogens (tertiary/aromatic N) is 3. The first-order chi connectivity index (χ1) is 10.6. The molecule has 2 fully saturated rings. The lowest BCUT2D eigenvalue weighted by atomic mass is 9.78. The molecule has 1 saturated heterocycles. The Bertz CT molecular complexity index is 498. The van der Waals surface area contributed by atoms with Gasteiger partial charge in [0.15, 0.2) is 0 Å². The Morgan fingerprint density at radius 1 is 1.05 bits per heavy atom. The molecule has 0 N–H and O–H groups in total. The van der Waals surface area contributed by atoms with Crippen molar-refractivity contribution in [1.29, 1.82) is 0 Å². The number of carbonyl (C=O) groups excluding carboxylic acids is 1. The first kappa shape index (κ1) is 15.4. The Hall–Kier alpha value is -1.45. The van der Waals surface area contributed by atoms with Crippen molar-refractivity contribution in [2.75, 3.05) is 18.0 Å². The average Bonchev–Trinajstić information content (AvgIpc) is 2.56. The van der Waals surface area contributed by atoms with Crippen LogP contribution in [0.1, 0.15) is 63.9 Å². The molecule has 4 nitrogen and oxygen atoms in total. The topological polar surface area (TPSA) is 46.1 Å². The number of piperidine rings is 1. The predicted molar refractivity (Wildman–Crippen MR) is 88.0 cm³/mol. The molecule has 22 heavy (non-hydrogen) atoms. The van der Waals surface area contributed by atoms with Crippen LogP contribution in [0.2, 0.25) is 0 Å². The van der Waals surface area contributed by atoms with Gasteiger partial charge in [0.05, 0.1) is 0 Å². The monoisotopic (exact) mass is 301 g/mol. The van der Waals surface area contributed by atoms with E-state index in [9.17, 15) is 4.79 Å². The fourth-order valence-electron chi connectivity index (χ4n) is 3.75. The molecule has 0 atom stereocenters. The molecule has 1 aromatic rings. The summed E-state index contributed by atoms with van der Waals surface area (Å²) in [5, 5.41) is 0. The third kappa shape index (κ3) is 3.47. The lowest BCUT2D eigenvalue weighted by Gasteiger charge is -2.30. The maximum absolute atomic E-state index is 11.5. The van der Waals surface area contributed by atoms with Gasteiger partial charge in [0.2, 0.25) is 5.95 Å². The molecular weight excluding hydrogens is 274 g/mol.